The van der Waals surface area contributed by atoms with E-state index < -0.39 is 0 Å². The first kappa shape index (κ1) is 56.8. The highest BCUT2D eigenvalue weighted by atomic mass is 15.0. The molecule has 0 atom stereocenters. The highest BCUT2D eigenvalue weighted by Crippen LogP contribution is 2.51. The van der Waals surface area contributed by atoms with Crippen LogP contribution >= 0.6 is 0 Å². The smallest absolute Gasteiger partial charge is 0.252 e. The lowest BCUT2D eigenvalue weighted by molar-refractivity contribution is 0.568. The molecule has 0 amide bonds. The summed E-state index contributed by atoms with van der Waals surface area (Å²) in [5.74, 6) is 0.724. The zero-order chi connectivity index (χ0) is 60.2. The van der Waals surface area contributed by atoms with Gasteiger partial charge in [-0.2, -0.15) is 0 Å². The molecule has 0 bridgehead atoms. The topological polar surface area (TPSA) is 35.6 Å². The molecule has 0 N–H and O–H groups in total. The standard InChI is InChI=1S/C78H91BN4/c1-71(2,3)47-32-44(33-48(38-47)72(4,5)6)53-26-28-57-68-63(53)65-55(77(19,20)21)40-51(75(13,14)15)42-59(65)82(68)61-36-46(70-80-30-25-31-81-70)37-62-67(61)79(57)58-29-27-54(45-34-49(73(7,8)9)39-50(35-45)74(10,11)12)64-66-56(78(22,23)24)41-52(76(16,17)18)43-60(66)83(62)69(58)64/h25-43H,1-24H3. The number of fused-ring (bicyclic) bond motifs is 10. The zero-order valence-electron chi connectivity index (χ0n) is 54.8. The van der Waals surface area contributed by atoms with E-state index in [1.54, 1.807) is 0 Å². The van der Waals surface area contributed by atoms with Crippen LogP contribution in [0, 0.1) is 0 Å². The van der Waals surface area contributed by atoms with Crippen LogP contribution in [0.4, 0.5) is 0 Å². The SMILES string of the molecule is CC(C)(C)c1cc(-c2ccc3c4c2c2c(C(C)(C)C)cc(C(C)(C)C)cc2n4-c2cc(-c4ncccn4)cc4c2B3c2ccc(-c3cc(C(C)(C)C)cc(C(C)(C)C)c3)c3c5c(C(C)(C)C)cc(C(C)(C)C)cc5n-4c23)cc(C(C)(C)C)c1. The molecule has 2 aliphatic heterocycles. The fourth-order valence-electron chi connectivity index (χ4n) is 13.7. The van der Waals surface area contributed by atoms with E-state index in [0.717, 1.165) is 11.4 Å². The molecule has 12 rings (SSSR count). The van der Waals surface area contributed by atoms with E-state index in [-0.39, 0.29) is 50.0 Å². The third kappa shape index (κ3) is 9.06. The van der Waals surface area contributed by atoms with Gasteiger partial charge in [0.05, 0.1) is 22.1 Å². The average molecular weight is 1100 g/mol. The first-order valence-corrected chi connectivity index (χ1v) is 30.8. The summed E-state index contributed by atoms with van der Waals surface area (Å²) in [7, 11) is 0. The predicted molar refractivity (Wildman–Crippen MR) is 361 cm³/mol. The van der Waals surface area contributed by atoms with Crippen molar-refractivity contribution in [3.8, 4) is 45.0 Å². The molecule has 0 aliphatic carbocycles. The molecule has 426 valence electrons. The summed E-state index contributed by atoms with van der Waals surface area (Å²) >= 11 is 0. The molecule has 0 radical (unpaired) electrons. The maximum atomic E-state index is 5.07. The Labute approximate surface area is 497 Å². The van der Waals surface area contributed by atoms with Crippen LogP contribution in [0.25, 0.3) is 88.6 Å². The van der Waals surface area contributed by atoms with Crippen molar-refractivity contribution in [3.05, 3.63) is 160 Å². The van der Waals surface area contributed by atoms with Gasteiger partial charge in [0.25, 0.3) is 6.71 Å². The van der Waals surface area contributed by atoms with E-state index in [0.29, 0.717) is 0 Å². The Hall–Kier alpha value is -6.72. The Morgan fingerprint density at radius 1 is 0.325 bits per heavy atom. The molecule has 5 heteroatoms. The van der Waals surface area contributed by atoms with E-state index in [9.17, 15) is 0 Å². The molecule has 0 unspecified atom stereocenters. The van der Waals surface area contributed by atoms with E-state index in [4.69, 9.17) is 9.97 Å². The van der Waals surface area contributed by atoms with Crippen molar-refractivity contribution < 1.29 is 0 Å². The van der Waals surface area contributed by atoms with Gasteiger partial charge in [0.15, 0.2) is 5.82 Å². The second-order valence-corrected chi connectivity index (χ2v) is 33.4. The molecule has 3 aromatic heterocycles. The van der Waals surface area contributed by atoms with Gasteiger partial charge in [-0.15, -0.1) is 0 Å². The number of benzene rings is 7. The average Bonchev–Trinajstić information content (AvgIpc) is 2.38. The predicted octanol–water partition coefficient (Wildman–Crippen LogP) is 19.2. The number of rotatable bonds is 3. The normalized spacial score (nSPS) is 14.2. The van der Waals surface area contributed by atoms with Crippen LogP contribution in [0.3, 0.4) is 0 Å². The van der Waals surface area contributed by atoms with Crippen LogP contribution in [0.15, 0.2) is 116 Å². The van der Waals surface area contributed by atoms with Gasteiger partial charge < -0.3 is 9.13 Å². The van der Waals surface area contributed by atoms with Crippen LogP contribution in [0.5, 0.6) is 0 Å². The number of aromatic nitrogens is 4. The van der Waals surface area contributed by atoms with Crippen LogP contribution in [-0.4, -0.2) is 25.8 Å². The fraction of sp³-hybridized carbons (Fsp3) is 0.410. The second-order valence-electron chi connectivity index (χ2n) is 33.4. The van der Waals surface area contributed by atoms with Gasteiger partial charge in [-0.3, -0.25) is 0 Å². The van der Waals surface area contributed by atoms with Gasteiger partial charge in [0.1, 0.15) is 0 Å². The Morgan fingerprint density at radius 2 is 0.651 bits per heavy atom. The van der Waals surface area contributed by atoms with Crippen LogP contribution in [0.2, 0.25) is 0 Å². The van der Waals surface area contributed by atoms with Crippen molar-refractivity contribution in [1.29, 1.82) is 0 Å². The molecule has 7 aromatic carbocycles. The summed E-state index contributed by atoms with van der Waals surface area (Å²) in [6.07, 6.45) is 3.80. The van der Waals surface area contributed by atoms with Crippen LogP contribution < -0.4 is 16.4 Å². The minimum Gasteiger partial charge on any atom is -0.310 e. The molecular formula is C78H91BN4. The quantitative estimate of drug-likeness (QED) is 0.165. The molecule has 83 heavy (non-hydrogen) atoms. The van der Waals surface area contributed by atoms with E-state index in [1.807, 2.05) is 18.5 Å². The van der Waals surface area contributed by atoms with E-state index in [1.165, 1.54) is 138 Å². The summed E-state index contributed by atoms with van der Waals surface area (Å²) in [6.45, 7) is 57.1. The zero-order valence-corrected chi connectivity index (χ0v) is 54.8. The Kier molecular flexibility index (Phi) is 12.2. The summed E-state index contributed by atoms with van der Waals surface area (Å²) in [5, 5.41) is 5.35. The lowest BCUT2D eigenvalue weighted by Gasteiger charge is -2.35. The monoisotopic (exact) mass is 1090 g/mol. The van der Waals surface area contributed by atoms with Gasteiger partial charge in [-0.25, -0.2) is 9.97 Å². The first-order chi connectivity index (χ1) is 38.2. The second kappa shape index (κ2) is 17.9. The summed E-state index contributed by atoms with van der Waals surface area (Å²) in [5.41, 5.74) is 27.7. The Bertz CT molecular complexity index is 4040. The summed E-state index contributed by atoms with van der Waals surface area (Å²) in [4.78, 5) is 10.1. The minimum absolute atomic E-state index is 0.0566. The van der Waals surface area contributed by atoms with Gasteiger partial charge in [-0.1, -0.05) is 239 Å². The lowest BCUT2D eigenvalue weighted by atomic mass is 9.34. The third-order valence-corrected chi connectivity index (χ3v) is 18.7. The number of hydrogen-bond donors (Lipinski definition) is 0. The maximum absolute atomic E-state index is 5.07. The van der Waals surface area contributed by atoms with Gasteiger partial charge in [0.2, 0.25) is 0 Å². The molecule has 0 spiro atoms. The van der Waals surface area contributed by atoms with Gasteiger partial charge >= 0.3 is 0 Å². The molecule has 10 aromatic rings. The van der Waals surface area contributed by atoms with Crippen molar-refractivity contribution in [2.45, 2.75) is 209 Å². The molecule has 5 heterocycles. The molecule has 0 saturated heterocycles. The highest BCUT2D eigenvalue weighted by molar-refractivity contribution is 7.00. The van der Waals surface area contributed by atoms with Gasteiger partial charge in [0, 0.05) is 50.9 Å². The van der Waals surface area contributed by atoms with Crippen molar-refractivity contribution >= 4 is 66.7 Å². The number of nitrogens with zero attached hydrogens (tertiary/aromatic N) is 4. The summed E-state index contributed by atoms with van der Waals surface area (Å²) in [6, 6.07) is 42.2. The minimum atomic E-state index is -0.184. The Morgan fingerprint density at radius 3 is 0.964 bits per heavy atom. The highest BCUT2D eigenvalue weighted by Gasteiger charge is 2.44. The van der Waals surface area contributed by atoms with Crippen molar-refractivity contribution in [2.75, 3.05) is 0 Å². The maximum Gasteiger partial charge on any atom is 0.252 e. The molecular weight excluding hydrogens is 1000 g/mol. The largest absolute Gasteiger partial charge is 0.310 e. The van der Waals surface area contributed by atoms with Gasteiger partial charge in [-0.05, 0) is 157 Å². The van der Waals surface area contributed by atoms with Crippen molar-refractivity contribution in [3.63, 3.8) is 0 Å². The third-order valence-electron chi connectivity index (χ3n) is 18.7. The van der Waals surface area contributed by atoms with E-state index >= 15 is 0 Å². The molecule has 0 fully saturated rings. The summed E-state index contributed by atoms with van der Waals surface area (Å²) < 4.78 is 5.42. The van der Waals surface area contributed by atoms with Crippen molar-refractivity contribution in [2.24, 2.45) is 0 Å². The fourth-order valence-corrected chi connectivity index (χ4v) is 13.7. The first-order valence-electron chi connectivity index (χ1n) is 30.8. The van der Waals surface area contributed by atoms with Crippen molar-refractivity contribution in [1.82, 2.24) is 19.1 Å². The lowest BCUT2D eigenvalue weighted by Crippen LogP contribution is -2.59. The Balaban J connectivity index is 1.35. The van der Waals surface area contributed by atoms with Crippen LogP contribution in [0.1, 0.15) is 211 Å². The molecule has 2 aliphatic rings. The van der Waals surface area contributed by atoms with E-state index in [2.05, 4.69) is 272 Å². The number of hydrogen-bond acceptors (Lipinski definition) is 2. The molecule has 4 nitrogen and oxygen atoms in total. The van der Waals surface area contributed by atoms with Crippen LogP contribution in [-0.2, 0) is 43.3 Å². The molecule has 0 saturated carbocycles.